The molecule has 0 aliphatic rings. The van der Waals surface area contributed by atoms with Gasteiger partial charge >= 0.3 is 0 Å². The molecule has 2 rings (SSSR count). The van der Waals surface area contributed by atoms with Crippen molar-refractivity contribution < 1.29 is 4.74 Å². The lowest BCUT2D eigenvalue weighted by molar-refractivity contribution is 0.307. The number of benzene rings is 1. The maximum Gasteiger partial charge on any atom is 0.150 e. The van der Waals surface area contributed by atoms with Gasteiger partial charge in [0.15, 0.2) is 5.75 Å². The third kappa shape index (κ3) is 2.47. The molecule has 0 atom stereocenters. The van der Waals surface area contributed by atoms with Gasteiger partial charge < -0.3 is 4.74 Å². The van der Waals surface area contributed by atoms with Gasteiger partial charge in [0, 0.05) is 5.02 Å². The summed E-state index contributed by atoms with van der Waals surface area (Å²) in [6.07, 6.45) is 1.71. The molecule has 1 aromatic carbocycles. The minimum Gasteiger partial charge on any atom is -0.486 e. The van der Waals surface area contributed by atoms with Gasteiger partial charge in [-0.1, -0.05) is 23.7 Å². The molecule has 0 N–H and O–H groups in total. The highest BCUT2D eigenvalue weighted by Crippen LogP contribution is 2.15. The fourth-order valence-corrected chi connectivity index (χ4v) is 1.60. The van der Waals surface area contributed by atoms with Crippen LogP contribution in [0, 0.1) is 0 Å². The lowest BCUT2D eigenvalue weighted by Crippen LogP contribution is -1.93. The largest absolute Gasteiger partial charge is 0.486 e. The van der Waals surface area contributed by atoms with E-state index >= 15 is 0 Å². The van der Waals surface area contributed by atoms with Crippen molar-refractivity contribution in [1.82, 2.24) is 4.37 Å². The summed E-state index contributed by atoms with van der Waals surface area (Å²) < 4.78 is 9.42. The molecule has 0 unspecified atom stereocenters. The lowest BCUT2D eigenvalue weighted by Gasteiger charge is -2.02. The van der Waals surface area contributed by atoms with Crippen LogP contribution in [0.15, 0.2) is 35.8 Å². The second kappa shape index (κ2) is 4.44. The topological polar surface area (TPSA) is 22.1 Å². The SMILES string of the molecule is Clc1ccc(COc2cnsc2)cc1. The number of ether oxygens (including phenoxy) is 1. The molecule has 14 heavy (non-hydrogen) atoms. The third-order valence-corrected chi connectivity index (χ3v) is 2.55. The van der Waals surface area contributed by atoms with Crippen LogP contribution < -0.4 is 4.74 Å². The molecule has 0 spiro atoms. The molecule has 72 valence electrons. The summed E-state index contributed by atoms with van der Waals surface area (Å²) >= 11 is 7.14. The smallest absolute Gasteiger partial charge is 0.150 e. The summed E-state index contributed by atoms with van der Waals surface area (Å²) in [5.74, 6) is 0.810. The number of nitrogens with zero attached hydrogens (tertiary/aromatic N) is 1. The maximum atomic E-state index is 5.76. The van der Waals surface area contributed by atoms with E-state index in [-0.39, 0.29) is 0 Å². The van der Waals surface area contributed by atoms with Crippen LogP contribution in [0.4, 0.5) is 0 Å². The molecule has 1 aromatic heterocycles. The Bertz CT molecular complexity index is 385. The molecule has 0 amide bonds. The number of halogens is 1. The van der Waals surface area contributed by atoms with Crippen LogP contribution in [-0.4, -0.2) is 4.37 Å². The molecule has 0 fully saturated rings. The van der Waals surface area contributed by atoms with Gasteiger partial charge in [-0.25, -0.2) is 0 Å². The molecule has 0 saturated heterocycles. The minimum absolute atomic E-state index is 0.551. The van der Waals surface area contributed by atoms with Crippen LogP contribution in [0.25, 0.3) is 0 Å². The second-order valence-electron chi connectivity index (χ2n) is 2.78. The summed E-state index contributed by atoms with van der Waals surface area (Å²) in [5.41, 5.74) is 1.10. The van der Waals surface area contributed by atoms with Crippen LogP contribution in [0.3, 0.4) is 0 Å². The second-order valence-corrected chi connectivity index (χ2v) is 3.87. The molecule has 0 aliphatic carbocycles. The first-order chi connectivity index (χ1) is 6.84. The van der Waals surface area contributed by atoms with Crippen molar-refractivity contribution in [3.8, 4) is 5.75 Å². The molecule has 2 aromatic rings. The van der Waals surface area contributed by atoms with Crippen molar-refractivity contribution in [2.45, 2.75) is 6.61 Å². The number of hydrogen-bond acceptors (Lipinski definition) is 3. The lowest BCUT2D eigenvalue weighted by atomic mass is 10.2. The minimum atomic E-state index is 0.551. The summed E-state index contributed by atoms with van der Waals surface area (Å²) in [7, 11) is 0. The average Bonchev–Trinajstić information content (AvgIpc) is 2.70. The molecular weight excluding hydrogens is 218 g/mol. The fraction of sp³-hybridized carbons (Fsp3) is 0.100. The quantitative estimate of drug-likeness (QED) is 0.799. The number of aromatic nitrogens is 1. The molecule has 1 heterocycles. The highest BCUT2D eigenvalue weighted by molar-refractivity contribution is 7.03. The van der Waals surface area contributed by atoms with Crippen LogP contribution in [-0.2, 0) is 6.61 Å². The highest BCUT2D eigenvalue weighted by atomic mass is 35.5. The van der Waals surface area contributed by atoms with E-state index in [0.29, 0.717) is 6.61 Å². The summed E-state index contributed by atoms with van der Waals surface area (Å²) in [6.45, 7) is 0.551. The zero-order valence-corrected chi connectivity index (χ0v) is 8.89. The first-order valence-corrected chi connectivity index (χ1v) is 5.33. The van der Waals surface area contributed by atoms with Crippen molar-refractivity contribution >= 4 is 23.1 Å². The van der Waals surface area contributed by atoms with Crippen molar-refractivity contribution in [3.63, 3.8) is 0 Å². The zero-order chi connectivity index (χ0) is 9.80. The van der Waals surface area contributed by atoms with Gasteiger partial charge in [0.1, 0.15) is 6.61 Å². The van der Waals surface area contributed by atoms with Crippen molar-refractivity contribution in [3.05, 3.63) is 46.4 Å². The first kappa shape index (κ1) is 9.49. The Hall–Kier alpha value is -1.06. The highest BCUT2D eigenvalue weighted by Gasteiger charge is 1.96. The molecule has 0 aliphatic heterocycles. The van der Waals surface area contributed by atoms with Gasteiger partial charge in [-0.15, -0.1) is 0 Å². The van der Waals surface area contributed by atoms with E-state index in [0.717, 1.165) is 16.3 Å². The van der Waals surface area contributed by atoms with Crippen LogP contribution in [0.1, 0.15) is 5.56 Å². The fourth-order valence-electron chi connectivity index (χ4n) is 1.01. The van der Waals surface area contributed by atoms with Gasteiger partial charge in [0.25, 0.3) is 0 Å². The number of hydrogen-bond donors (Lipinski definition) is 0. The van der Waals surface area contributed by atoms with Crippen LogP contribution >= 0.6 is 23.1 Å². The van der Waals surface area contributed by atoms with E-state index < -0.39 is 0 Å². The van der Waals surface area contributed by atoms with Crippen molar-refractivity contribution in [2.75, 3.05) is 0 Å². The van der Waals surface area contributed by atoms with Gasteiger partial charge in [-0.2, -0.15) is 4.37 Å². The molecule has 0 saturated carbocycles. The average molecular weight is 226 g/mol. The normalized spacial score (nSPS) is 10.1. The van der Waals surface area contributed by atoms with E-state index in [1.165, 1.54) is 11.5 Å². The van der Waals surface area contributed by atoms with E-state index in [4.69, 9.17) is 16.3 Å². The van der Waals surface area contributed by atoms with Crippen molar-refractivity contribution in [1.29, 1.82) is 0 Å². The van der Waals surface area contributed by atoms with Crippen LogP contribution in [0.2, 0.25) is 5.02 Å². The van der Waals surface area contributed by atoms with E-state index in [9.17, 15) is 0 Å². The number of rotatable bonds is 3. The zero-order valence-electron chi connectivity index (χ0n) is 7.31. The maximum absolute atomic E-state index is 5.76. The van der Waals surface area contributed by atoms with E-state index in [1.807, 2.05) is 29.6 Å². The van der Waals surface area contributed by atoms with Gasteiger partial charge in [-0.05, 0) is 29.2 Å². The molecule has 0 radical (unpaired) electrons. The molecule has 0 bridgehead atoms. The van der Waals surface area contributed by atoms with Crippen LogP contribution in [0.5, 0.6) is 5.75 Å². The van der Waals surface area contributed by atoms with E-state index in [2.05, 4.69) is 4.37 Å². The Kier molecular flexibility index (Phi) is 3.01. The van der Waals surface area contributed by atoms with Gasteiger partial charge in [-0.3, -0.25) is 0 Å². The Morgan fingerprint density at radius 1 is 1.29 bits per heavy atom. The third-order valence-electron chi connectivity index (χ3n) is 1.73. The first-order valence-electron chi connectivity index (χ1n) is 4.11. The Balaban J connectivity index is 1.95. The Morgan fingerprint density at radius 2 is 2.07 bits per heavy atom. The Morgan fingerprint density at radius 3 is 2.71 bits per heavy atom. The van der Waals surface area contributed by atoms with Gasteiger partial charge in [0.05, 0.1) is 11.6 Å². The molecular formula is C10H8ClNOS. The summed E-state index contributed by atoms with van der Waals surface area (Å²) in [6, 6.07) is 7.60. The monoisotopic (exact) mass is 225 g/mol. The predicted octanol–water partition coefficient (Wildman–Crippen LogP) is 3.38. The molecule has 2 nitrogen and oxygen atoms in total. The summed E-state index contributed by atoms with van der Waals surface area (Å²) in [5, 5.41) is 2.61. The Labute approximate surface area is 91.3 Å². The van der Waals surface area contributed by atoms with Gasteiger partial charge in [0.2, 0.25) is 0 Å². The molecule has 4 heteroatoms. The predicted molar refractivity (Wildman–Crippen MR) is 57.9 cm³/mol. The van der Waals surface area contributed by atoms with Crippen molar-refractivity contribution in [2.24, 2.45) is 0 Å². The van der Waals surface area contributed by atoms with E-state index in [1.54, 1.807) is 6.20 Å². The standard InChI is InChI=1S/C10H8ClNOS/c11-9-3-1-8(2-4-9)6-13-10-5-12-14-7-10/h1-5,7H,6H2. The summed E-state index contributed by atoms with van der Waals surface area (Å²) in [4.78, 5) is 0.